The number of nitrogens with one attached hydrogen (secondary N) is 1. The monoisotopic (exact) mass is 157 g/mol. The van der Waals surface area contributed by atoms with Gasteiger partial charge in [0.2, 0.25) is 0 Å². The second-order valence-corrected chi connectivity index (χ2v) is 3.37. The third kappa shape index (κ3) is 0.877. The molecule has 1 nitrogen and oxygen atoms in total. The van der Waals surface area contributed by atoms with Gasteiger partial charge in [-0.3, -0.25) is 0 Å². The first-order valence-electron chi connectivity index (χ1n) is 4.24. The summed E-state index contributed by atoms with van der Waals surface area (Å²) in [6, 6.07) is 6.37. The summed E-state index contributed by atoms with van der Waals surface area (Å²) in [5.74, 6) is 0. The predicted molar refractivity (Wildman–Crippen MR) is 56.0 cm³/mol. The van der Waals surface area contributed by atoms with Gasteiger partial charge in [-0.05, 0) is 30.9 Å². The minimum absolute atomic E-state index is 1.25. The first-order valence-corrected chi connectivity index (χ1v) is 4.24. The quantitative estimate of drug-likeness (QED) is 0.550. The van der Waals surface area contributed by atoms with Crippen molar-refractivity contribution in [1.82, 2.24) is 4.98 Å². The smallest absolute Gasteiger partial charge is 0.140 e. The molecule has 0 amide bonds. The fraction of sp³-hybridized carbons (Fsp3) is 0.200. The van der Waals surface area contributed by atoms with Crippen LogP contribution in [0.25, 0.3) is 10.9 Å². The van der Waals surface area contributed by atoms with Crippen molar-refractivity contribution < 1.29 is 0 Å². The Labute approximate surface area is 73.2 Å². The van der Waals surface area contributed by atoms with Crippen molar-refractivity contribution in [2.24, 2.45) is 0 Å². The Morgan fingerprint density at radius 1 is 1.25 bits per heavy atom. The van der Waals surface area contributed by atoms with Crippen LogP contribution in [0.4, 0.5) is 0 Å². The molecule has 0 atom stereocenters. The fourth-order valence-electron chi connectivity index (χ4n) is 1.75. The molecule has 0 saturated heterocycles. The molecule has 1 aromatic carbocycles. The maximum absolute atomic E-state index is 3.37. The van der Waals surface area contributed by atoms with Gasteiger partial charge >= 0.3 is 0 Å². The molecule has 2 rings (SSSR count). The van der Waals surface area contributed by atoms with E-state index in [4.69, 9.17) is 0 Å². The van der Waals surface area contributed by atoms with Gasteiger partial charge in [-0.2, -0.15) is 0 Å². The van der Waals surface area contributed by atoms with E-state index in [9.17, 15) is 0 Å². The average molecular weight is 157 g/mol. The third-order valence-corrected chi connectivity index (χ3v) is 2.53. The summed E-state index contributed by atoms with van der Waals surface area (Å²) in [5, 5.41) is 1.38. The third-order valence-electron chi connectivity index (χ3n) is 2.53. The number of benzene rings is 1. The molecule has 0 bridgehead atoms. The normalized spacial score (nSPS) is 10.8. The summed E-state index contributed by atoms with van der Waals surface area (Å²) in [6.07, 6.45) is 0. The molecular formula is C10H12BN. The summed E-state index contributed by atoms with van der Waals surface area (Å²) in [4.78, 5) is 3.37. The number of H-pyrrole nitrogens is 1. The van der Waals surface area contributed by atoms with Crippen molar-refractivity contribution >= 4 is 24.2 Å². The summed E-state index contributed by atoms with van der Waals surface area (Å²) < 4.78 is 0. The van der Waals surface area contributed by atoms with E-state index in [2.05, 4.69) is 44.9 Å². The lowest BCUT2D eigenvalue weighted by Crippen LogP contribution is -2.02. The van der Waals surface area contributed by atoms with Gasteiger partial charge in [-0.15, -0.1) is 0 Å². The maximum Gasteiger partial charge on any atom is 0.140 e. The number of aromatic nitrogens is 1. The van der Waals surface area contributed by atoms with E-state index in [1.807, 2.05) is 0 Å². The Kier molecular flexibility index (Phi) is 1.50. The SMILES string of the molecule is Bc1cccc2[nH]c(C)c(C)c12. The van der Waals surface area contributed by atoms with Crippen molar-refractivity contribution in [3.05, 3.63) is 29.5 Å². The van der Waals surface area contributed by atoms with Crippen LogP contribution in [0.1, 0.15) is 11.3 Å². The lowest BCUT2D eigenvalue weighted by atomic mass is 9.91. The van der Waals surface area contributed by atoms with E-state index in [0.717, 1.165) is 0 Å². The first-order chi connectivity index (χ1) is 5.70. The topological polar surface area (TPSA) is 15.8 Å². The molecule has 0 unspecified atom stereocenters. The highest BCUT2D eigenvalue weighted by Gasteiger charge is 2.04. The Bertz CT molecular complexity index is 429. The van der Waals surface area contributed by atoms with Gasteiger partial charge in [-0.1, -0.05) is 17.6 Å². The van der Waals surface area contributed by atoms with Crippen molar-refractivity contribution in [2.45, 2.75) is 13.8 Å². The molecule has 1 heterocycles. The highest BCUT2D eigenvalue weighted by atomic mass is 14.7. The summed E-state index contributed by atoms with van der Waals surface area (Å²) in [5.41, 5.74) is 5.27. The summed E-state index contributed by atoms with van der Waals surface area (Å²) >= 11 is 0. The Morgan fingerprint density at radius 3 is 2.67 bits per heavy atom. The van der Waals surface area contributed by atoms with E-state index in [0.29, 0.717) is 0 Å². The average Bonchev–Trinajstić information content (AvgIpc) is 2.29. The number of aryl methyl sites for hydroxylation is 2. The van der Waals surface area contributed by atoms with Crippen molar-refractivity contribution in [2.75, 3.05) is 0 Å². The van der Waals surface area contributed by atoms with Crippen molar-refractivity contribution in [3.8, 4) is 0 Å². The van der Waals surface area contributed by atoms with Crippen LogP contribution < -0.4 is 5.46 Å². The van der Waals surface area contributed by atoms with Gasteiger partial charge in [0.1, 0.15) is 7.85 Å². The van der Waals surface area contributed by atoms with Crippen LogP contribution in [0.3, 0.4) is 0 Å². The van der Waals surface area contributed by atoms with Gasteiger partial charge in [0.25, 0.3) is 0 Å². The van der Waals surface area contributed by atoms with Gasteiger partial charge in [0.05, 0.1) is 0 Å². The fourth-order valence-corrected chi connectivity index (χ4v) is 1.75. The molecule has 12 heavy (non-hydrogen) atoms. The summed E-state index contributed by atoms with van der Waals surface area (Å²) in [7, 11) is 2.16. The molecule has 0 fully saturated rings. The zero-order valence-electron chi connectivity index (χ0n) is 7.73. The van der Waals surface area contributed by atoms with Crippen molar-refractivity contribution in [1.29, 1.82) is 0 Å². The van der Waals surface area contributed by atoms with Gasteiger partial charge in [-0.25, -0.2) is 0 Å². The zero-order chi connectivity index (χ0) is 8.72. The number of aromatic amines is 1. The second-order valence-electron chi connectivity index (χ2n) is 3.37. The Morgan fingerprint density at radius 2 is 2.00 bits per heavy atom. The van der Waals surface area contributed by atoms with Gasteiger partial charge in [0.15, 0.2) is 0 Å². The molecular weight excluding hydrogens is 145 g/mol. The van der Waals surface area contributed by atoms with E-state index >= 15 is 0 Å². The predicted octanol–water partition coefficient (Wildman–Crippen LogP) is 1.04. The molecule has 1 N–H and O–H groups in total. The van der Waals surface area contributed by atoms with Crippen molar-refractivity contribution in [3.63, 3.8) is 0 Å². The van der Waals surface area contributed by atoms with Crippen LogP contribution in [-0.4, -0.2) is 12.8 Å². The highest BCUT2D eigenvalue weighted by Crippen LogP contribution is 2.18. The number of hydrogen-bond donors (Lipinski definition) is 1. The standard InChI is InChI=1S/C10H12BN/c1-6-7(2)12-9-5-3-4-8(11)10(6)9/h3-5,12H,11H2,1-2H3. The van der Waals surface area contributed by atoms with Crippen LogP contribution >= 0.6 is 0 Å². The molecule has 1 aromatic heterocycles. The van der Waals surface area contributed by atoms with Crippen LogP contribution in [0.15, 0.2) is 18.2 Å². The van der Waals surface area contributed by atoms with E-state index in [-0.39, 0.29) is 0 Å². The minimum atomic E-state index is 1.25. The molecule has 60 valence electrons. The van der Waals surface area contributed by atoms with Crippen LogP contribution in [0.2, 0.25) is 0 Å². The van der Waals surface area contributed by atoms with Crippen LogP contribution in [0, 0.1) is 13.8 Å². The van der Waals surface area contributed by atoms with Crippen LogP contribution in [-0.2, 0) is 0 Å². The Balaban J connectivity index is 2.97. The van der Waals surface area contributed by atoms with Gasteiger partial charge in [0, 0.05) is 11.2 Å². The second kappa shape index (κ2) is 2.41. The van der Waals surface area contributed by atoms with E-state index in [1.165, 1.54) is 27.6 Å². The number of rotatable bonds is 0. The highest BCUT2D eigenvalue weighted by molar-refractivity contribution is 6.39. The Hall–Kier alpha value is -1.18. The first kappa shape index (κ1) is 7.47. The molecule has 0 saturated carbocycles. The molecule has 0 aliphatic rings. The molecule has 2 aromatic rings. The minimum Gasteiger partial charge on any atom is -0.358 e. The van der Waals surface area contributed by atoms with E-state index in [1.54, 1.807) is 0 Å². The molecule has 0 spiro atoms. The molecule has 0 aliphatic heterocycles. The lowest BCUT2D eigenvalue weighted by molar-refractivity contribution is 1.25. The number of fused-ring (bicyclic) bond motifs is 1. The zero-order valence-corrected chi connectivity index (χ0v) is 7.73. The van der Waals surface area contributed by atoms with Crippen LogP contribution in [0.5, 0.6) is 0 Å². The van der Waals surface area contributed by atoms with E-state index < -0.39 is 0 Å². The largest absolute Gasteiger partial charge is 0.358 e. The lowest BCUT2D eigenvalue weighted by Gasteiger charge is -1.96. The summed E-state index contributed by atoms with van der Waals surface area (Å²) in [6.45, 7) is 4.29. The number of hydrogen-bond acceptors (Lipinski definition) is 0. The molecule has 0 radical (unpaired) electrons. The van der Waals surface area contributed by atoms with Gasteiger partial charge < -0.3 is 4.98 Å². The maximum atomic E-state index is 3.37. The molecule has 0 aliphatic carbocycles. The molecule has 2 heteroatoms.